The Hall–Kier alpha value is -2.40. The van der Waals surface area contributed by atoms with Crippen LogP contribution in [0.4, 0.5) is 16.2 Å². The molecule has 0 spiro atoms. The van der Waals surface area contributed by atoms with Gasteiger partial charge in [-0.1, -0.05) is 23.7 Å². The minimum atomic E-state index is -0.393. The molecular weight excluding hydrogens is 292 g/mol. The Labute approximate surface area is 127 Å². The SMILES string of the molecule is COc1ccc(NC(=O)Nc2ccccc2Cl)cc1OC. The smallest absolute Gasteiger partial charge is 0.323 e. The first-order chi connectivity index (χ1) is 10.1. The third-order valence-electron chi connectivity index (χ3n) is 2.76. The molecule has 2 amide bonds. The van der Waals surface area contributed by atoms with Crippen LogP contribution in [0.5, 0.6) is 11.5 Å². The molecule has 0 radical (unpaired) electrons. The highest BCUT2D eigenvalue weighted by atomic mass is 35.5. The molecule has 2 aromatic carbocycles. The van der Waals surface area contributed by atoms with Gasteiger partial charge in [0.15, 0.2) is 11.5 Å². The summed E-state index contributed by atoms with van der Waals surface area (Å²) in [7, 11) is 3.08. The van der Waals surface area contributed by atoms with Crippen molar-refractivity contribution < 1.29 is 14.3 Å². The van der Waals surface area contributed by atoms with Gasteiger partial charge in [-0.2, -0.15) is 0 Å². The summed E-state index contributed by atoms with van der Waals surface area (Å²) in [5, 5.41) is 5.84. The number of rotatable bonds is 4. The highest BCUT2D eigenvalue weighted by molar-refractivity contribution is 6.33. The molecule has 6 heteroatoms. The summed E-state index contributed by atoms with van der Waals surface area (Å²) >= 11 is 5.98. The van der Waals surface area contributed by atoms with Gasteiger partial charge < -0.3 is 20.1 Å². The fourth-order valence-corrected chi connectivity index (χ4v) is 1.94. The average molecular weight is 307 g/mol. The first-order valence-corrected chi connectivity index (χ1v) is 6.56. The van der Waals surface area contributed by atoms with Gasteiger partial charge in [0.05, 0.1) is 24.9 Å². The normalized spacial score (nSPS) is 9.86. The second kappa shape index (κ2) is 6.85. The fraction of sp³-hybridized carbons (Fsp3) is 0.133. The molecule has 0 aliphatic rings. The maximum absolute atomic E-state index is 11.9. The van der Waals surface area contributed by atoms with Crippen LogP contribution >= 0.6 is 11.6 Å². The highest BCUT2D eigenvalue weighted by Crippen LogP contribution is 2.30. The Morgan fingerprint density at radius 3 is 2.38 bits per heavy atom. The Morgan fingerprint density at radius 2 is 1.71 bits per heavy atom. The van der Waals surface area contributed by atoms with E-state index in [-0.39, 0.29) is 0 Å². The average Bonchev–Trinajstić information content (AvgIpc) is 2.49. The number of hydrogen-bond donors (Lipinski definition) is 2. The Kier molecular flexibility index (Phi) is 4.90. The van der Waals surface area contributed by atoms with Crippen LogP contribution in [0.1, 0.15) is 0 Å². The van der Waals surface area contributed by atoms with Gasteiger partial charge >= 0.3 is 6.03 Å². The molecule has 0 unspecified atom stereocenters. The van der Waals surface area contributed by atoms with Gasteiger partial charge in [0.2, 0.25) is 0 Å². The molecular formula is C15H15ClN2O3. The van der Waals surface area contributed by atoms with Crippen molar-refractivity contribution in [2.45, 2.75) is 0 Å². The second-order valence-corrected chi connectivity index (χ2v) is 4.54. The molecule has 2 N–H and O–H groups in total. The molecule has 0 saturated carbocycles. The molecule has 0 atom stereocenters. The van der Waals surface area contributed by atoms with Crippen LogP contribution in [0.25, 0.3) is 0 Å². The van der Waals surface area contributed by atoms with Crippen molar-refractivity contribution in [3.8, 4) is 11.5 Å². The van der Waals surface area contributed by atoms with Crippen molar-refractivity contribution in [3.63, 3.8) is 0 Å². The van der Waals surface area contributed by atoms with Crippen molar-refractivity contribution in [2.24, 2.45) is 0 Å². The van der Waals surface area contributed by atoms with Gasteiger partial charge in [0.25, 0.3) is 0 Å². The molecule has 5 nitrogen and oxygen atoms in total. The minimum absolute atomic E-state index is 0.393. The highest BCUT2D eigenvalue weighted by Gasteiger charge is 2.08. The van der Waals surface area contributed by atoms with Gasteiger partial charge in [-0.3, -0.25) is 0 Å². The second-order valence-electron chi connectivity index (χ2n) is 4.13. The molecule has 0 aliphatic carbocycles. The molecule has 0 aliphatic heterocycles. The lowest BCUT2D eigenvalue weighted by Crippen LogP contribution is -2.19. The maximum Gasteiger partial charge on any atom is 0.323 e. The summed E-state index contributed by atoms with van der Waals surface area (Å²) in [6, 6.07) is 11.7. The van der Waals surface area contributed by atoms with Gasteiger partial charge in [0, 0.05) is 11.8 Å². The zero-order chi connectivity index (χ0) is 15.2. The summed E-state index contributed by atoms with van der Waals surface area (Å²) in [5.41, 5.74) is 1.12. The Bertz CT molecular complexity index is 647. The lowest BCUT2D eigenvalue weighted by Gasteiger charge is -2.11. The molecule has 21 heavy (non-hydrogen) atoms. The van der Waals surface area contributed by atoms with E-state index in [4.69, 9.17) is 21.1 Å². The molecule has 0 heterocycles. The maximum atomic E-state index is 11.9. The van der Waals surface area contributed by atoms with Crippen LogP contribution in [0.15, 0.2) is 42.5 Å². The number of para-hydroxylation sites is 1. The monoisotopic (exact) mass is 306 g/mol. The van der Waals surface area contributed by atoms with Crippen molar-refractivity contribution in [2.75, 3.05) is 24.9 Å². The number of methoxy groups -OCH3 is 2. The third-order valence-corrected chi connectivity index (χ3v) is 3.09. The Morgan fingerprint density at radius 1 is 1.00 bits per heavy atom. The number of halogens is 1. The van der Waals surface area contributed by atoms with Crippen LogP contribution in [0, 0.1) is 0 Å². The first-order valence-electron chi connectivity index (χ1n) is 6.18. The molecule has 2 rings (SSSR count). The number of benzene rings is 2. The van der Waals surface area contributed by atoms with Gasteiger partial charge in [-0.25, -0.2) is 4.79 Å². The molecule has 2 aromatic rings. The summed E-state index contributed by atoms with van der Waals surface area (Å²) in [6.07, 6.45) is 0. The topological polar surface area (TPSA) is 59.6 Å². The van der Waals surface area contributed by atoms with Gasteiger partial charge in [-0.15, -0.1) is 0 Å². The molecule has 110 valence electrons. The molecule has 0 fully saturated rings. The molecule has 0 aromatic heterocycles. The number of carbonyl (C=O) groups excluding carboxylic acids is 1. The zero-order valence-corrected chi connectivity index (χ0v) is 12.4. The van der Waals surface area contributed by atoms with Crippen molar-refractivity contribution in [1.82, 2.24) is 0 Å². The zero-order valence-electron chi connectivity index (χ0n) is 11.6. The van der Waals surface area contributed by atoms with E-state index in [1.54, 1.807) is 49.6 Å². The number of anilines is 2. The molecule has 0 saturated heterocycles. The predicted molar refractivity (Wildman–Crippen MR) is 83.6 cm³/mol. The van der Waals surface area contributed by atoms with Gasteiger partial charge in [0.1, 0.15) is 0 Å². The lowest BCUT2D eigenvalue weighted by molar-refractivity contribution is 0.262. The van der Waals surface area contributed by atoms with E-state index >= 15 is 0 Å². The standard InChI is InChI=1S/C15H15ClN2O3/c1-20-13-8-7-10(9-14(13)21-2)17-15(19)18-12-6-4-3-5-11(12)16/h3-9H,1-2H3,(H2,17,18,19). The van der Waals surface area contributed by atoms with E-state index in [0.717, 1.165) is 0 Å². The lowest BCUT2D eigenvalue weighted by atomic mass is 10.2. The van der Waals surface area contributed by atoms with E-state index in [0.29, 0.717) is 27.9 Å². The predicted octanol–water partition coefficient (Wildman–Crippen LogP) is 4.00. The largest absolute Gasteiger partial charge is 0.493 e. The summed E-state index contributed by atoms with van der Waals surface area (Å²) < 4.78 is 10.3. The van der Waals surface area contributed by atoms with Crippen LogP contribution in [0.3, 0.4) is 0 Å². The number of amides is 2. The fourth-order valence-electron chi connectivity index (χ4n) is 1.76. The van der Waals surface area contributed by atoms with Crippen LogP contribution < -0.4 is 20.1 Å². The van der Waals surface area contributed by atoms with E-state index in [2.05, 4.69) is 10.6 Å². The van der Waals surface area contributed by atoms with E-state index in [1.807, 2.05) is 0 Å². The van der Waals surface area contributed by atoms with E-state index in [1.165, 1.54) is 7.11 Å². The Balaban J connectivity index is 2.08. The van der Waals surface area contributed by atoms with Crippen molar-refractivity contribution >= 4 is 29.0 Å². The summed E-state index contributed by atoms with van der Waals surface area (Å²) in [5.74, 6) is 1.13. The number of carbonyl (C=O) groups is 1. The van der Waals surface area contributed by atoms with Crippen molar-refractivity contribution in [1.29, 1.82) is 0 Å². The van der Waals surface area contributed by atoms with Gasteiger partial charge in [-0.05, 0) is 24.3 Å². The third kappa shape index (κ3) is 3.79. The number of ether oxygens (including phenoxy) is 2. The van der Waals surface area contributed by atoms with Crippen LogP contribution in [-0.4, -0.2) is 20.3 Å². The number of hydrogen-bond acceptors (Lipinski definition) is 3. The molecule has 0 bridgehead atoms. The minimum Gasteiger partial charge on any atom is -0.493 e. The number of urea groups is 1. The van der Waals surface area contributed by atoms with Crippen LogP contribution in [-0.2, 0) is 0 Å². The summed E-state index contributed by atoms with van der Waals surface area (Å²) in [6.45, 7) is 0. The van der Waals surface area contributed by atoms with E-state index < -0.39 is 6.03 Å². The quantitative estimate of drug-likeness (QED) is 0.897. The van der Waals surface area contributed by atoms with Crippen molar-refractivity contribution in [3.05, 3.63) is 47.5 Å². The first kappa shape index (κ1) is 15.0. The summed E-state index contributed by atoms with van der Waals surface area (Å²) in [4.78, 5) is 11.9. The van der Waals surface area contributed by atoms with Crippen LogP contribution in [0.2, 0.25) is 5.02 Å². The number of nitrogens with one attached hydrogen (secondary N) is 2. The van der Waals surface area contributed by atoms with E-state index in [9.17, 15) is 4.79 Å².